The molecule has 0 saturated carbocycles. The van der Waals surface area contributed by atoms with Crippen LogP contribution in [0.4, 0.5) is 38.9 Å². The Labute approximate surface area is 348 Å². The molecule has 3 heterocycles. The van der Waals surface area contributed by atoms with Crippen molar-refractivity contribution in [2.45, 2.75) is 32.2 Å². The van der Waals surface area contributed by atoms with E-state index in [1.807, 2.05) is 6.07 Å². The van der Waals surface area contributed by atoms with Crippen LogP contribution in [0, 0.1) is 5.82 Å². The molecule has 3 aromatic rings. The van der Waals surface area contributed by atoms with Crippen molar-refractivity contribution in [1.82, 2.24) is 19.8 Å². The number of sulfonamides is 1. The number of ether oxygens (including phenoxy) is 2. The summed E-state index contributed by atoms with van der Waals surface area (Å²) in [6, 6.07) is 5.97. The standard InChI is InChI=1S/C35H50BrFN8O10S3/c1-7-45(56(4,46)47)29-21-31(55-58(6,50)51)26(37)19-27(29)39-34-25(36)23-38-35(41-34)40-28-20-33(53-17-8-18-54-57(5,48)49)30(22-32(28)52-3)44-11-9-24(10-12-44)43-15-13-42(2)14-16-43/h19-24H,7-18H2,1-6H3,(H2,38,39,40,41). The molecule has 2 saturated heterocycles. The van der Waals surface area contributed by atoms with E-state index < -0.39 is 41.8 Å². The molecule has 5 rings (SSSR count). The van der Waals surface area contributed by atoms with Crippen LogP contribution < -0.4 is 33.5 Å². The van der Waals surface area contributed by atoms with Crippen LogP contribution in [0.25, 0.3) is 0 Å². The van der Waals surface area contributed by atoms with Gasteiger partial charge in [-0.15, -0.1) is 0 Å². The first-order chi connectivity index (χ1) is 27.2. The highest BCUT2D eigenvalue weighted by molar-refractivity contribution is 9.10. The van der Waals surface area contributed by atoms with E-state index in [4.69, 9.17) is 17.8 Å². The van der Waals surface area contributed by atoms with Crippen LogP contribution in [0.1, 0.15) is 26.2 Å². The lowest BCUT2D eigenvalue weighted by atomic mass is 10.0. The zero-order chi connectivity index (χ0) is 42.4. The Kier molecular flexibility index (Phi) is 14.9. The molecule has 0 bridgehead atoms. The molecule has 2 aliphatic rings. The summed E-state index contributed by atoms with van der Waals surface area (Å²) in [5.41, 5.74) is 1.06. The molecule has 58 heavy (non-hydrogen) atoms. The van der Waals surface area contributed by atoms with Gasteiger partial charge in [0.1, 0.15) is 17.3 Å². The number of methoxy groups -OCH3 is 1. The maximum absolute atomic E-state index is 15.3. The average molecular weight is 938 g/mol. The lowest BCUT2D eigenvalue weighted by Crippen LogP contribution is -2.52. The Balaban J connectivity index is 1.44. The number of nitrogens with zero attached hydrogens (tertiary/aromatic N) is 6. The number of nitrogens with one attached hydrogen (secondary N) is 2. The van der Waals surface area contributed by atoms with Crippen LogP contribution in [0.2, 0.25) is 0 Å². The van der Waals surface area contributed by atoms with Crippen molar-refractivity contribution >= 4 is 80.7 Å². The molecule has 2 aromatic carbocycles. The number of hydrogen-bond donors (Lipinski definition) is 2. The predicted molar refractivity (Wildman–Crippen MR) is 224 cm³/mol. The molecule has 0 radical (unpaired) electrons. The summed E-state index contributed by atoms with van der Waals surface area (Å²) in [5.74, 6) is -0.651. The zero-order valence-corrected chi connectivity index (χ0v) is 37.2. The molecule has 0 atom stereocenters. The largest absolute Gasteiger partial charge is 0.494 e. The average Bonchev–Trinajstić information content (AvgIpc) is 3.13. The van der Waals surface area contributed by atoms with Gasteiger partial charge in [-0.2, -0.15) is 21.8 Å². The summed E-state index contributed by atoms with van der Waals surface area (Å²) in [6.07, 6.45) is 6.35. The van der Waals surface area contributed by atoms with Crippen molar-refractivity contribution < 1.29 is 47.5 Å². The second-order valence-electron chi connectivity index (χ2n) is 14.0. The number of benzene rings is 2. The second kappa shape index (κ2) is 19.1. The van der Waals surface area contributed by atoms with Gasteiger partial charge >= 0.3 is 10.1 Å². The number of likely N-dealkylation sites (N-methyl/N-ethyl adjacent to an activating group) is 1. The van der Waals surface area contributed by atoms with Gasteiger partial charge < -0.3 is 34.1 Å². The van der Waals surface area contributed by atoms with Crippen LogP contribution in [0.3, 0.4) is 0 Å². The number of rotatable bonds is 18. The van der Waals surface area contributed by atoms with Gasteiger partial charge in [-0.1, -0.05) is 0 Å². The van der Waals surface area contributed by atoms with Crippen molar-refractivity contribution in [3.8, 4) is 17.2 Å². The van der Waals surface area contributed by atoms with Crippen molar-refractivity contribution in [3.05, 3.63) is 40.8 Å². The Bertz CT molecular complexity index is 2260. The predicted octanol–water partition coefficient (Wildman–Crippen LogP) is 3.96. The van der Waals surface area contributed by atoms with Crippen molar-refractivity contribution in [2.75, 3.05) is 112 Å². The van der Waals surface area contributed by atoms with Crippen LogP contribution in [-0.4, -0.2) is 143 Å². The first-order valence-corrected chi connectivity index (χ1v) is 24.7. The fourth-order valence-electron chi connectivity index (χ4n) is 6.71. The Hall–Kier alpha value is -3.74. The molecule has 18 nitrogen and oxygen atoms in total. The van der Waals surface area contributed by atoms with E-state index in [9.17, 15) is 25.3 Å². The molecule has 2 N–H and O–H groups in total. The van der Waals surface area contributed by atoms with E-state index in [1.165, 1.54) is 13.3 Å². The Morgan fingerprint density at radius 3 is 2.17 bits per heavy atom. The van der Waals surface area contributed by atoms with Crippen molar-refractivity contribution in [1.29, 1.82) is 0 Å². The number of halogens is 2. The highest BCUT2D eigenvalue weighted by Gasteiger charge is 2.29. The van der Waals surface area contributed by atoms with Crippen molar-refractivity contribution in [2.24, 2.45) is 0 Å². The van der Waals surface area contributed by atoms with E-state index >= 15 is 4.39 Å². The number of aromatic nitrogens is 2. The van der Waals surface area contributed by atoms with E-state index in [0.717, 1.165) is 93.0 Å². The molecular weight excluding hydrogens is 888 g/mol. The van der Waals surface area contributed by atoms with Crippen LogP contribution in [0.5, 0.6) is 17.2 Å². The third-order valence-corrected chi connectivity index (χ3v) is 12.4. The highest BCUT2D eigenvalue weighted by atomic mass is 79.9. The van der Waals surface area contributed by atoms with Gasteiger partial charge in [0.15, 0.2) is 11.6 Å². The van der Waals surface area contributed by atoms with E-state index in [0.29, 0.717) is 34.1 Å². The Morgan fingerprint density at radius 1 is 0.879 bits per heavy atom. The second-order valence-corrected chi connectivity index (χ2v) is 19.9. The van der Waals surface area contributed by atoms with Gasteiger partial charge in [-0.25, -0.2) is 17.8 Å². The van der Waals surface area contributed by atoms with E-state index in [-0.39, 0.29) is 42.9 Å². The summed E-state index contributed by atoms with van der Waals surface area (Å²) in [4.78, 5) is 16.1. The zero-order valence-electron chi connectivity index (χ0n) is 33.2. The maximum Gasteiger partial charge on any atom is 0.306 e. The quantitative estimate of drug-likeness (QED) is 0.137. The lowest BCUT2D eigenvalue weighted by molar-refractivity contribution is 0.0981. The maximum atomic E-state index is 15.3. The third kappa shape index (κ3) is 12.4. The van der Waals surface area contributed by atoms with Gasteiger partial charge in [0.25, 0.3) is 10.1 Å². The van der Waals surface area contributed by atoms with Crippen LogP contribution in [0.15, 0.2) is 34.9 Å². The number of anilines is 6. The molecule has 0 unspecified atom stereocenters. The number of hydrogen-bond acceptors (Lipinski definition) is 17. The normalized spacial score (nSPS) is 16.2. The highest BCUT2D eigenvalue weighted by Crippen LogP contribution is 2.42. The lowest BCUT2D eigenvalue weighted by Gasteiger charge is -2.42. The summed E-state index contributed by atoms with van der Waals surface area (Å²) >= 11 is 3.39. The fourth-order valence-corrected chi connectivity index (χ4v) is 8.85. The Morgan fingerprint density at radius 2 is 1.57 bits per heavy atom. The van der Waals surface area contributed by atoms with Crippen LogP contribution in [-0.2, 0) is 34.4 Å². The SMILES string of the molecule is CCN(c1cc(OS(C)(=O)=O)c(F)cc1Nc1nc(Nc2cc(OCCCOS(C)(=O)=O)c(N3CCC(N4CCN(C)CC4)CC3)cc2OC)ncc1Br)S(C)(=O)=O. The molecular formula is C35H50BrFN8O10S3. The first-order valence-electron chi connectivity index (χ1n) is 18.4. The van der Waals surface area contributed by atoms with E-state index in [1.54, 1.807) is 13.0 Å². The third-order valence-electron chi connectivity index (χ3n) is 9.48. The summed E-state index contributed by atoms with van der Waals surface area (Å²) in [5, 5.41) is 6.10. The van der Waals surface area contributed by atoms with Gasteiger partial charge in [0.2, 0.25) is 16.0 Å². The number of piperidine rings is 1. The molecule has 322 valence electrons. The van der Waals surface area contributed by atoms with Crippen LogP contribution >= 0.6 is 15.9 Å². The van der Waals surface area contributed by atoms with E-state index in [2.05, 4.69) is 58.3 Å². The van der Waals surface area contributed by atoms with Gasteiger partial charge in [-0.3, -0.25) is 13.4 Å². The number of piperazine rings is 1. The van der Waals surface area contributed by atoms with Gasteiger partial charge in [0.05, 0.1) is 66.3 Å². The molecule has 2 aliphatic heterocycles. The molecule has 0 amide bonds. The molecule has 1 aromatic heterocycles. The molecule has 0 aliphatic carbocycles. The smallest absolute Gasteiger partial charge is 0.306 e. The molecule has 2 fully saturated rings. The minimum absolute atomic E-state index is 0.0480. The minimum Gasteiger partial charge on any atom is -0.494 e. The van der Waals surface area contributed by atoms with Gasteiger partial charge in [0, 0.05) is 88.7 Å². The first kappa shape index (κ1) is 45.3. The molecule has 23 heteroatoms. The van der Waals surface area contributed by atoms with Gasteiger partial charge in [-0.05, 0) is 42.7 Å². The summed E-state index contributed by atoms with van der Waals surface area (Å²) in [6.45, 7) is 7.32. The monoisotopic (exact) mass is 936 g/mol. The fraction of sp³-hybridized carbons (Fsp3) is 0.543. The summed E-state index contributed by atoms with van der Waals surface area (Å²) < 4.78 is 111. The minimum atomic E-state index is -4.16. The van der Waals surface area contributed by atoms with Crippen molar-refractivity contribution in [3.63, 3.8) is 0 Å². The topological polar surface area (TPSA) is 202 Å². The molecule has 0 spiro atoms. The summed E-state index contributed by atoms with van der Waals surface area (Å²) in [7, 11) is -8.02.